The Morgan fingerprint density at radius 3 is 2.26 bits per heavy atom. The van der Waals surface area contributed by atoms with Gasteiger partial charge in [0.15, 0.2) is 11.5 Å². The summed E-state index contributed by atoms with van der Waals surface area (Å²) in [4.78, 5) is 29.4. The second kappa shape index (κ2) is 9.22. The van der Waals surface area contributed by atoms with Gasteiger partial charge in [-0.05, 0) is 38.7 Å². The molecule has 1 N–H and O–H groups in total. The third kappa shape index (κ3) is 4.41. The molecule has 0 bridgehead atoms. The van der Waals surface area contributed by atoms with Gasteiger partial charge in [0.05, 0.1) is 25.8 Å². The Labute approximate surface area is 182 Å². The number of amides is 1. The summed E-state index contributed by atoms with van der Waals surface area (Å²) in [5.74, 6) is -0.499. The summed E-state index contributed by atoms with van der Waals surface area (Å²) in [6, 6.07) is 11.7. The van der Waals surface area contributed by atoms with E-state index in [2.05, 4.69) is 0 Å². The molecule has 0 aliphatic carbocycles. The SMILES string of the molecule is COc1ccc([C@H]2/C(=C(\O)c3ccc(C)cc3)C(=O)C(=O)N2CCN(C)C)cc1OC. The maximum absolute atomic E-state index is 13.0. The summed E-state index contributed by atoms with van der Waals surface area (Å²) in [5, 5.41) is 11.1. The largest absolute Gasteiger partial charge is 0.507 e. The van der Waals surface area contributed by atoms with Crippen molar-refractivity contribution in [2.45, 2.75) is 13.0 Å². The lowest BCUT2D eigenvalue weighted by molar-refractivity contribution is -0.140. The van der Waals surface area contributed by atoms with Crippen LogP contribution in [0.4, 0.5) is 0 Å². The van der Waals surface area contributed by atoms with E-state index in [9.17, 15) is 14.7 Å². The summed E-state index contributed by atoms with van der Waals surface area (Å²) in [6.45, 7) is 2.84. The van der Waals surface area contributed by atoms with Gasteiger partial charge in [-0.25, -0.2) is 0 Å². The number of aliphatic hydroxyl groups excluding tert-OH is 1. The molecule has 1 fully saturated rings. The molecule has 1 saturated heterocycles. The molecule has 1 aliphatic rings. The molecule has 0 spiro atoms. The lowest BCUT2D eigenvalue weighted by atomic mass is 9.94. The van der Waals surface area contributed by atoms with E-state index in [0.717, 1.165) is 5.56 Å². The van der Waals surface area contributed by atoms with E-state index < -0.39 is 17.7 Å². The van der Waals surface area contributed by atoms with Crippen LogP contribution in [0.15, 0.2) is 48.0 Å². The minimum atomic E-state index is -0.735. The van der Waals surface area contributed by atoms with E-state index in [0.29, 0.717) is 35.7 Å². The van der Waals surface area contributed by atoms with Crippen LogP contribution in [0.2, 0.25) is 0 Å². The number of rotatable bonds is 7. The van der Waals surface area contributed by atoms with Crippen LogP contribution in [0, 0.1) is 6.92 Å². The van der Waals surface area contributed by atoms with Gasteiger partial charge in [-0.1, -0.05) is 35.9 Å². The summed E-state index contributed by atoms with van der Waals surface area (Å²) in [5.41, 5.74) is 2.24. The standard InChI is InChI=1S/C24H28N2O5/c1-15-6-8-16(9-7-15)22(27)20-21(17-10-11-18(30-4)19(14-17)31-5)26(13-12-25(2)3)24(29)23(20)28/h6-11,14,21,27H,12-13H2,1-5H3/b22-20+/t21-/m0/s1. The Balaban J connectivity index is 2.18. The number of aryl methyl sites for hydroxylation is 1. The number of carbonyl (C=O) groups excluding carboxylic acids is 2. The zero-order chi connectivity index (χ0) is 22.7. The van der Waals surface area contributed by atoms with Crippen molar-refractivity contribution in [1.82, 2.24) is 9.80 Å². The number of Topliss-reactive ketones (excluding diaryl/α,β-unsaturated/α-hetero) is 1. The number of ketones is 1. The number of carbonyl (C=O) groups is 2. The number of hydrogen-bond acceptors (Lipinski definition) is 6. The predicted octanol–water partition coefficient (Wildman–Crippen LogP) is 3.00. The van der Waals surface area contributed by atoms with Gasteiger partial charge in [-0.2, -0.15) is 0 Å². The third-order valence-electron chi connectivity index (χ3n) is 5.38. The van der Waals surface area contributed by atoms with Gasteiger partial charge in [0.1, 0.15) is 5.76 Å². The molecule has 164 valence electrons. The second-order valence-corrected chi connectivity index (χ2v) is 7.78. The van der Waals surface area contributed by atoms with Crippen molar-refractivity contribution in [3.05, 3.63) is 64.7 Å². The topological polar surface area (TPSA) is 79.3 Å². The van der Waals surface area contributed by atoms with Crippen molar-refractivity contribution >= 4 is 17.4 Å². The average molecular weight is 424 g/mol. The smallest absolute Gasteiger partial charge is 0.295 e. The Morgan fingerprint density at radius 1 is 1.03 bits per heavy atom. The fourth-order valence-corrected chi connectivity index (χ4v) is 3.65. The number of ether oxygens (including phenoxy) is 2. The lowest BCUT2D eigenvalue weighted by Crippen LogP contribution is -2.35. The average Bonchev–Trinajstić information content (AvgIpc) is 3.01. The van der Waals surface area contributed by atoms with Crippen molar-refractivity contribution in [3.63, 3.8) is 0 Å². The molecule has 7 nitrogen and oxygen atoms in total. The van der Waals surface area contributed by atoms with Crippen LogP contribution in [0.1, 0.15) is 22.7 Å². The van der Waals surface area contributed by atoms with Gasteiger partial charge in [0.2, 0.25) is 0 Å². The molecule has 31 heavy (non-hydrogen) atoms. The van der Waals surface area contributed by atoms with E-state index in [1.165, 1.54) is 19.1 Å². The number of hydrogen-bond donors (Lipinski definition) is 1. The highest BCUT2D eigenvalue weighted by atomic mass is 16.5. The quantitative estimate of drug-likeness (QED) is 0.418. The molecule has 2 aromatic rings. The number of likely N-dealkylation sites (tertiary alicyclic amines) is 1. The van der Waals surface area contributed by atoms with E-state index in [1.807, 2.05) is 38.1 Å². The third-order valence-corrected chi connectivity index (χ3v) is 5.38. The monoisotopic (exact) mass is 424 g/mol. The fourth-order valence-electron chi connectivity index (χ4n) is 3.65. The minimum Gasteiger partial charge on any atom is -0.507 e. The van der Waals surface area contributed by atoms with Crippen LogP contribution in [-0.4, -0.2) is 68.0 Å². The summed E-state index contributed by atoms with van der Waals surface area (Å²) < 4.78 is 10.7. The molecule has 2 aromatic carbocycles. The van der Waals surface area contributed by atoms with Gasteiger partial charge >= 0.3 is 0 Å². The molecule has 0 saturated carbocycles. The van der Waals surface area contributed by atoms with Crippen molar-refractivity contribution < 1.29 is 24.2 Å². The minimum absolute atomic E-state index is 0.0693. The van der Waals surface area contributed by atoms with Crippen molar-refractivity contribution in [2.75, 3.05) is 41.4 Å². The molecule has 0 aromatic heterocycles. The number of benzene rings is 2. The highest BCUT2D eigenvalue weighted by Gasteiger charge is 2.46. The number of likely N-dealkylation sites (N-methyl/N-ethyl adjacent to an activating group) is 1. The highest BCUT2D eigenvalue weighted by molar-refractivity contribution is 6.46. The molecule has 1 aliphatic heterocycles. The maximum Gasteiger partial charge on any atom is 0.295 e. The lowest BCUT2D eigenvalue weighted by Gasteiger charge is -2.27. The Morgan fingerprint density at radius 2 is 1.68 bits per heavy atom. The molecule has 3 rings (SSSR count). The first-order valence-corrected chi connectivity index (χ1v) is 10.0. The van der Waals surface area contributed by atoms with Gasteiger partial charge in [-0.15, -0.1) is 0 Å². The molecule has 7 heteroatoms. The van der Waals surface area contributed by atoms with Crippen LogP contribution in [-0.2, 0) is 9.59 Å². The number of nitrogens with zero attached hydrogens (tertiary/aromatic N) is 2. The van der Waals surface area contributed by atoms with Crippen LogP contribution in [0.5, 0.6) is 11.5 Å². The van der Waals surface area contributed by atoms with Crippen molar-refractivity contribution in [2.24, 2.45) is 0 Å². The van der Waals surface area contributed by atoms with Crippen LogP contribution in [0.3, 0.4) is 0 Å². The molecular formula is C24H28N2O5. The first kappa shape index (κ1) is 22.4. The zero-order valence-electron chi connectivity index (χ0n) is 18.5. The molecule has 0 unspecified atom stereocenters. The van der Waals surface area contributed by atoms with Crippen LogP contribution >= 0.6 is 0 Å². The number of methoxy groups -OCH3 is 2. The summed E-state index contributed by atoms with van der Waals surface area (Å²) >= 11 is 0. The molecular weight excluding hydrogens is 396 g/mol. The Bertz CT molecular complexity index is 1010. The van der Waals surface area contributed by atoms with Crippen molar-refractivity contribution in [1.29, 1.82) is 0 Å². The van der Waals surface area contributed by atoms with Crippen molar-refractivity contribution in [3.8, 4) is 11.5 Å². The van der Waals surface area contributed by atoms with Gasteiger partial charge in [0.25, 0.3) is 11.7 Å². The van der Waals surface area contributed by atoms with Gasteiger partial charge in [0, 0.05) is 18.7 Å². The van der Waals surface area contributed by atoms with Gasteiger partial charge in [-0.3, -0.25) is 9.59 Å². The highest BCUT2D eigenvalue weighted by Crippen LogP contribution is 2.41. The first-order valence-electron chi connectivity index (χ1n) is 10.0. The Hall–Kier alpha value is -3.32. The number of aliphatic hydroxyl groups is 1. The molecule has 1 amide bonds. The summed E-state index contributed by atoms with van der Waals surface area (Å²) in [7, 11) is 6.86. The first-order chi connectivity index (χ1) is 14.8. The normalized spacial score (nSPS) is 18.0. The predicted molar refractivity (Wildman–Crippen MR) is 118 cm³/mol. The maximum atomic E-state index is 13.0. The Kier molecular flexibility index (Phi) is 6.65. The van der Waals surface area contributed by atoms with Crippen LogP contribution < -0.4 is 9.47 Å². The van der Waals surface area contributed by atoms with E-state index in [4.69, 9.17) is 9.47 Å². The van der Waals surface area contributed by atoms with E-state index in [1.54, 1.807) is 30.3 Å². The molecule has 0 radical (unpaired) electrons. The summed E-state index contributed by atoms with van der Waals surface area (Å²) in [6.07, 6.45) is 0. The van der Waals surface area contributed by atoms with E-state index >= 15 is 0 Å². The van der Waals surface area contributed by atoms with Crippen LogP contribution in [0.25, 0.3) is 5.76 Å². The molecule has 1 atom stereocenters. The van der Waals surface area contributed by atoms with Gasteiger partial charge < -0.3 is 24.4 Å². The van der Waals surface area contributed by atoms with E-state index in [-0.39, 0.29) is 11.3 Å². The fraction of sp³-hybridized carbons (Fsp3) is 0.333. The molecule has 1 heterocycles. The zero-order valence-corrected chi connectivity index (χ0v) is 18.5. The second-order valence-electron chi connectivity index (χ2n) is 7.78.